The number of amidine groups is 1. The Hall–Kier alpha value is -1.36. The number of hydrogen-bond donors (Lipinski definition) is 1. The van der Waals surface area contributed by atoms with E-state index in [0.717, 1.165) is 10.2 Å². The summed E-state index contributed by atoms with van der Waals surface area (Å²) in [5.74, 6) is 0.894. The van der Waals surface area contributed by atoms with E-state index in [9.17, 15) is 23.3 Å². The summed E-state index contributed by atoms with van der Waals surface area (Å²) in [6.45, 7) is -1.91. The fourth-order valence-electron chi connectivity index (χ4n) is 1.43. The lowest BCUT2D eigenvalue weighted by molar-refractivity contribution is -0.463. The molecule has 1 rings (SSSR count). The Morgan fingerprint density at radius 1 is 1.52 bits per heavy atom. The number of alkyl halides is 3. The monoisotopic (exact) mass is 414 g/mol. The Kier molecular flexibility index (Phi) is 8.31. The molecule has 0 radical (unpaired) electrons. The van der Waals surface area contributed by atoms with E-state index in [0.29, 0.717) is 11.5 Å². The van der Waals surface area contributed by atoms with Crippen molar-refractivity contribution in [3.63, 3.8) is 0 Å². The zero-order valence-corrected chi connectivity index (χ0v) is 14.2. The minimum atomic E-state index is -4.48. The number of aromatic nitrogens is 1. The second-order valence-electron chi connectivity index (χ2n) is 4.28. The van der Waals surface area contributed by atoms with E-state index >= 15 is 0 Å². The molecular weight excluding hydrogens is 401 g/mol. The molecule has 11 heteroatoms. The molecule has 0 aliphatic rings. The SMILES string of the molecule is O=[N+]([O-])CC(=NCC(F)(F)F)NCCSCc1ncccc1Br. The van der Waals surface area contributed by atoms with Crippen LogP contribution in [-0.2, 0) is 5.75 Å². The molecule has 1 N–H and O–H groups in total. The molecule has 0 aliphatic heterocycles. The molecule has 0 atom stereocenters. The summed E-state index contributed by atoms with van der Waals surface area (Å²) in [6.07, 6.45) is -2.82. The minimum absolute atomic E-state index is 0.271. The summed E-state index contributed by atoms with van der Waals surface area (Å²) in [6, 6.07) is 3.65. The van der Waals surface area contributed by atoms with E-state index in [1.54, 1.807) is 12.3 Å². The molecule has 0 aromatic carbocycles. The molecule has 0 spiro atoms. The van der Waals surface area contributed by atoms with Crippen LogP contribution in [0.5, 0.6) is 0 Å². The zero-order chi connectivity index (χ0) is 17.3. The van der Waals surface area contributed by atoms with Crippen LogP contribution in [0.3, 0.4) is 0 Å². The van der Waals surface area contributed by atoms with Crippen molar-refractivity contribution in [1.82, 2.24) is 10.3 Å². The van der Waals surface area contributed by atoms with Gasteiger partial charge in [-0.25, -0.2) is 0 Å². The predicted molar refractivity (Wildman–Crippen MR) is 86.3 cm³/mol. The van der Waals surface area contributed by atoms with Crippen molar-refractivity contribution in [2.24, 2.45) is 4.99 Å². The zero-order valence-electron chi connectivity index (χ0n) is 11.8. The van der Waals surface area contributed by atoms with E-state index in [2.05, 4.69) is 31.2 Å². The van der Waals surface area contributed by atoms with Crippen LogP contribution in [0.2, 0.25) is 0 Å². The van der Waals surface area contributed by atoms with Gasteiger partial charge in [-0.05, 0) is 28.1 Å². The van der Waals surface area contributed by atoms with Gasteiger partial charge in [0, 0.05) is 33.6 Å². The third-order valence-electron chi connectivity index (χ3n) is 2.38. The smallest absolute Gasteiger partial charge is 0.368 e. The maximum Gasteiger partial charge on any atom is 0.408 e. The second-order valence-corrected chi connectivity index (χ2v) is 6.24. The van der Waals surface area contributed by atoms with Gasteiger partial charge in [0.1, 0.15) is 6.54 Å². The largest absolute Gasteiger partial charge is 0.408 e. The van der Waals surface area contributed by atoms with Gasteiger partial charge in [0.2, 0.25) is 0 Å². The summed E-state index contributed by atoms with van der Waals surface area (Å²) >= 11 is 4.87. The van der Waals surface area contributed by atoms with Gasteiger partial charge < -0.3 is 5.32 Å². The van der Waals surface area contributed by atoms with Gasteiger partial charge in [-0.2, -0.15) is 24.9 Å². The van der Waals surface area contributed by atoms with Gasteiger partial charge in [0.25, 0.3) is 6.54 Å². The van der Waals surface area contributed by atoms with Crippen molar-refractivity contribution in [2.75, 3.05) is 25.4 Å². The fourth-order valence-corrected chi connectivity index (χ4v) is 2.82. The molecule has 1 aromatic rings. The summed E-state index contributed by atoms with van der Waals surface area (Å²) in [5, 5.41) is 13.0. The number of pyridine rings is 1. The summed E-state index contributed by atoms with van der Waals surface area (Å²) < 4.78 is 37.2. The van der Waals surface area contributed by atoms with Gasteiger partial charge >= 0.3 is 6.18 Å². The third-order valence-corrected chi connectivity index (χ3v) is 4.07. The number of nitrogens with zero attached hydrogens (tertiary/aromatic N) is 3. The Labute approximate surface area is 143 Å². The summed E-state index contributed by atoms with van der Waals surface area (Å²) in [7, 11) is 0. The predicted octanol–water partition coefficient (Wildman–Crippen LogP) is 2.90. The van der Waals surface area contributed by atoms with Crippen LogP contribution in [0.25, 0.3) is 0 Å². The molecule has 1 aromatic heterocycles. The van der Waals surface area contributed by atoms with Gasteiger partial charge in [0.15, 0.2) is 5.84 Å². The van der Waals surface area contributed by atoms with E-state index in [-0.39, 0.29) is 12.4 Å². The fraction of sp³-hybridized carbons (Fsp3) is 0.500. The van der Waals surface area contributed by atoms with Crippen LogP contribution in [0.15, 0.2) is 27.8 Å². The number of hydrogen-bond acceptors (Lipinski definition) is 5. The first-order valence-electron chi connectivity index (χ1n) is 6.41. The molecule has 1 heterocycles. The molecule has 0 bridgehead atoms. The highest BCUT2D eigenvalue weighted by Crippen LogP contribution is 2.18. The summed E-state index contributed by atoms with van der Waals surface area (Å²) in [4.78, 5) is 17.1. The van der Waals surface area contributed by atoms with E-state index in [1.165, 1.54) is 11.8 Å². The van der Waals surface area contributed by atoms with Crippen LogP contribution in [0, 0.1) is 10.1 Å². The topological polar surface area (TPSA) is 80.4 Å². The molecular formula is C12H14BrF3N4O2S. The molecule has 0 aliphatic carbocycles. The normalized spacial score (nSPS) is 12.3. The highest BCUT2D eigenvalue weighted by molar-refractivity contribution is 9.10. The van der Waals surface area contributed by atoms with Crippen molar-refractivity contribution in [2.45, 2.75) is 11.9 Å². The minimum Gasteiger partial charge on any atom is -0.368 e. The number of thioether (sulfide) groups is 1. The number of aliphatic imine (C=N–C) groups is 1. The first-order valence-corrected chi connectivity index (χ1v) is 8.35. The lowest BCUT2D eigenvalue weighted by Gasteiger charge is -2.08. The highest BCUT2D eigenvalue weighted by Gasteiger charge is 2.27. The van der Waals surface area contributed by atoms with Gasteiger partial charge in [-0.3, -0.25) is 20.1 Å². The van der Waals surface area contributed by atoms with Crippen molar-refractivity contribution in [3.8, 4) is 0 Å². The Bertz CT molecular complexity index is 557. The van der Waals surface area contributed by atoms with Gasteiger partial charge in [-0.15, -0.1) is 0 Å². The quantitative estimate of drug-likeness (QED) is 0.232. The molecule has 0 fully saturated rings. The first-order chi connectivity index (χ1) is 10.8. The molecule has 0 amide bonds. The van der Waals surface area contributed by atoms with Crippen molar-refractivity contribution >= 4 is 33.5 Å². The van der Waals surface area contributed by atoms with Crippen LogP contribution < -0.4 is 5.32 Å². The summed E-state index contributed by atoms with van der Waals surface area (Å²) in [5.41, 5.74) is 0.855. The maximum absolute atomic E-state index is 12.1. The highest BCUT2D eigenvalue weighted by atomic mass is 79.9. The Morgan fingerprint density at radius 3 is 2.87 bits per heavy atom. The van der Waals surface area contributed by atoms with Crippen LogP contribution in [0.1, 0.15) is 5.69 Å². The first kappa shape index (κ1) is 19.7. The molecule has 0 unspecified atom stereocenters. The number of rotatable bonds is 8. The van der Waals surface area contributed by atoms with Crippen molar-refractivity contribution in [3.05, 3.63) is 38.6 Å². The second kappa shape index (κ2) is 9.71. The van der Waals surface area contributed by atoms with E-state index in [1.807, 2.05) is 6.07 Å². The van der Waals surface area contributed by atoms with Crippen LogP contribution in [-0.4, -0.2) is 47.3 Å². The standard InChI is InChI=1S/C12H14BrF3N4O2S/c13-9-2-1-3-17-10(9)7-23-5-4-18-11(6-20(21)22)19-8-12(14,15)16/h1-3H,4-8H2,(H,18,19). The van der Waals surface area contributed by atoms with E-state index in [4.69, 9.17) is 0 Å². The van der Waals surface area contributed by atoms with Gasteiger partial charge in [0.05, 0.1) is 5.69 Å². The molecule has 6 nitrogen and oxygen atoms in total. The van der Waals surface area contributed by atoms with Gasteiger partial charge in [-0.1, -0.05) is 0 Å². The molecule has 0 saturated heterocycles. The molecule has 128 valence electrons. The lowest BCUT2D eigenvalue weighted by atomic mass is 10.4. The van der Waals surface area contributed by atoms with Crippen molar-refractivity contribution in [1.29, 1.82) is 0 Å². The number of nitrogens with one attached hydrogen (secondary N) is 1. The average Bonchev–Trinajstić information content (AvgIpc) is 2.44. The van der Waals surface area contributed by atoms with E-state index < -0.39 is 24.2 Å². The van der Waals surface area contributed by atoms with Crippen LogP contribution in [0.4, 0.5) is 13.2 Å². The lowest BCUT2D eigenvalue weighted by Crippen LogP contribution is -2.33. The molecule has 0 saturated carbocycles. The molecule has 23 heavy (non-hydrogen) atoms. The third kappa shape index (κ3) is 9.39. The van der Waals surface area contributed by atoms with Crippen molar-refractivity contribution < 1.29 is 18.1 Å². The Balaban J connectivity index is 2.37. The average molecular weight is 415 g/mol. The number of halogens is 4. The maximum atomic E-state index is 12.1. The van der Waals surface area contributed by atoms with Crippen LogP contribution >= 0.6 is 27.7 Å². The number of nitro groups is 1. The Morgan fingerprint density at radius 2 is 2.26 bits per heavy atom.